The second-order valence-electron chi connectivity index (χ2n) is 4.74. The molecule has 1 N–H and O–H groups in total. The molecule has 1 heterocycles. The number of hydrogen-bond acceptors (Lipinski definition) is 4. The molecule has 5 nitrogen and oxygen atoms in total. The molecule has 1 atom stereocenters. The first kappa shape index (κ1) is 14.4. The minimum atomic E-state index is -0.130. The number of likely N-dealkylation sites (N-methyl/N-ethyl adjacent to an activating group) is 1. The van der Waals surface area contributed by atoms with Gasteiger partial charge >= 0.3 is 0 Å². The normalized spacial score (nSPS) is 18.8. The van der Waals surface area contributed by atoms with E-state index < -0.39 is 0 Å². The zero-order valence-electron chi connectivity index (χ0n) is 11.8. The van der Waals surface area contributed by atoms with Gasteiger partial charge in [0.05, 0.1) is 30.5 Å². The van der Waals surface area contributed by atoms with Crippen molar-refractivity contribution in [3.8, 4) is 11.8 Å². The van der Waals surface area contributed by atoms with Crippen LogP contribution in [0.2, 0.25) is 0 Å². The summed E-state index contributed by atoms with van der Waals surface area (Å²) in [6.45, 7) is 3.45. The third kappa shape index (κ3) is 2.75. The summed E-state index contributed by atoms with van der Waals surface area (Å²) in [5, 5.41) is 12.1. The quantitative estimate of drug-likeness (QED) is 0.906. The fourth-order valence-corrected chi connectivity index (χ4v) is 2.52. The molecule has 1 fully saturated rings. The van der Waals surface area contributed by atoms with Crippen molar-refractivity contribution in [2.24, 2.45) is 0 Å². The molecular weight excluding hydrogens is 254 g/mol. The molecule has 0 bridgehead atoms. The second-order valence-corrected chi connectivity index (χ2v) is 4.74. The molecule has 1 aliphatic heterocycles. The topological polar surface area (TPSA) is 65.4 Å². The van der Waals surface area contributed by atoms with Crippen LogP contribution in [0.15, 0.2) is 18.2 Å². The maximum atomic E-state index is 12.5. The predicted octanol–water partition coefficient (Wildman–Crippen LogP) is 1.67. The molecule has 0 radical (unpaired) electrons. The number of carbonyl (C=O) groups is 1. The van der Waals surface area contributed by atoms with E-state index in [0.29, 0.717) is 17.9 Å². The van der Waals surface area contributed by atoms with Gasteiger partial charge in [0.1, 0.15) is 5.75 Å². The number of anilines is 1. The molecule has 0 aliphatic carbocycles. The van der Waals surface area contributed by atoms with E-state index in [2.05, 4.69) is 11.4 Å². The van der Waals surface area contributed by atoms with E-state index in [-0.39, 0.29) is 11.9 Å². The molecule has 0 aromatic heterocycles. The number of nitriles is 1. The summed E-state index contributed by atoms with van der Waals surface area (Å²) in [5.41, 5.74) is 1.26. The summed E-state index contributed by atoms with van der Waals surface area (Å²) in [6, 6.07) is 7.10. The second kappa shape index (κ2) is 6.40. The fourth-order valence-electron chi connectivity index (χ4n) is 2.52. The third-order valence-electron chi connectivity index (χ3n) is 3.49. The monoisotopic (exact) mass is 273 g/mol. The molecular formula is C15H19N3O2. The maximum absolute atomic E-state index is 12.5. The molecule has 1 aromatic carbocycles. The van der Waals surface area contributed by atoms with Gasteiger partial charge in [-0.2, -0.15) is 5.26 Å². The Morgan fingerprint density at radius 3 is 3.00 bits per heavy atom. The molecule has 0 spiro atoms. The highest BCUT2D eigenvalue weighted by molar-refractivity contribution is 5.99. The number of ether oxygens (including phenoxy) is 1. The molecule has 1 unspecified atom stereocenters. The van der Waals surface area contributed by atoms with Crippen LogP contribution in [0, 0.1) is 11.3 Å². The van der Waals surface area contributed by atoms with Gasteiger partial charge in [-0.1, -0.05) is 6.92 Å². The number of nitrogens with one attached hydrogen (secondary N) is 1. The number of benzene rings is 1. The number of nitrogens with zero attached hydrogens (tertiary/aromatic N) is 2. The summed E-state index contributed by atoms with van der Waals surface area (Å²) in [4.78, 5) is 14.2. The first-order valence-electron chi connectivity index (χ1n) is 6.84. The van der Waals surface area contributed by atoms with E-state index >= 15 is 0 Å². The third-order valence-corrected chi connectivity index (χ3v) is 3.49. The van der Waals surface area contributed by atoms with Crippen LogP contribution >= 0.6 is 0 Å². The Morgan fingerprint density at radius 2 is 2.35 bits per heavy atom. The van der Waals surface area contributed by atoms with Gasteiger partial charge in [0.25, 0.3) is 0 Å². The smallest absolute Gasteiger partial charge is 0.244 e. The van der Waals surface area contributed by atoms with E-state index in [0.717, 1.165) is 25.1 Å². The highest BCUT2D eigenvalue weighted by atomic mass is 16.5. The first-order valence-corrected chi connectivity index (χ1v) is 6.84. The molecule has 1 aromatic rings. The van der Waals surface area contributed by atoms with Gasteiger partial charge in [-0.15, -0.1) is 0 Å². The summed E-state index contributed by atoms with van der Waals surface area (Å²) in [6.07, 6.45) is 1.81. The van der Waals surface area contributed by atoms with Gasteiger partial charge in [0.15, 0.2) is 0 Å². The Kier molecular flexibility index (Phi) is 4.59. The van der Waals surface area contributed by atoms with Crippen molar-refractivity contribution < 1.29 is 9.53 Å². The zero-order chi connectivity index (χ0) is 14.5. The Morgan fingerprint density at radius 1 is 1.55 bits per heavy atom. The lowest BCUT2D eigenvalue weighted by atomic mass is 10.0. The molecule has 2 rings (SSSR count). The SMILES string of the molecule is CCNC1CCCN(c2ccc(C#N)cc2OC)C1=O. The summed E-state index contributed by atoms with van der Waals surface area (Å²) in [7, 11) is 1.55. The molecule has 5 heteroatoms. The fraction of sp³-hybridized carbons (Fsp3) is 0.467. The molecule has 1 amide bonds. The van der Waals surface area contributed by atoms with Gasteiger partial charge in [-0.3, -0.25) is 4.79 Å². The number of carbonyl (C=O) groups excluding carboxylic acids is 1. The van der Waals surface area contributed by atoms with E-state index in [1.807, 2.05) is 6.92 Å². The van der Waals surface area contributed by atoms with Gasteiger partial charge < -0.3 is 15.0 Å². The van der Waals surface area contributed by atoms with Crippen molar-refractivity contribution in [3.05, 3.63) is 23.8 Å². The summed E-state index contributed by atoms with van der Waals surface area (Å²) < 4.78 is 5.32. The summed E-state index contributed by atoms with van der Waals surface area (Å²) >= 11 is 0. The van der Waals surface area contributed by atoms with Crippen LogP contribution in [0.1, 0.15) is 25.3 Å². The number of methoxy groups -OCH3 is 1. The molecule has 20 heavy (non-hydrogen) atoms. The van der Waals surface area contributed by atoms with Crippen LogP contribution in [0.3, 0.4) is 0 Å². The molecule has 1 saturated heterocycles. The maximum Gasteiger partial charge on any atom is 0.244 e. The van der Waals surface area contributed by atoms with Crippen LogP contribution < -0.4 is 15.0 Å². The number of hydrogen-bond donors (Lipinski definition) is 1. The van der Waals surface area contributed by atoms with Crippen LogP contribution in [0.4, 0.5) is 5.69 Å². The average molecular weight is 273 g/mol. The van der Waals surface area contributed by atoms with Crippen molar-refractivity contribution in [1.29, 1.82) is 5.26 Å². The predicted molar refractivity (Wildman–Crippen MR) is 76.8 cm³/mol. The van der Waals surface area contributed by atoms with E-state index in [1.165, 1.54) is 0 Å². The Balaban J connectivity index is 2.30. The lowest BCUT2D eigenvalue weighted by Crippen LogP contribution is -2.50. The number of amides is 1. The van der Waals surface area contributed by atoms with Crippen molar-refractivity contribution in [2.45, 2.75) is 25.8 Å². The lowest BCUT2D eigenvalue weighted by Gasteiger charge is -2.33. The zero-order valence-corrected chi connectivity index (χ0v) is 11.8. The van der Waals surface area contributed by atoms with Gasteiger partial charge in [-0.25, -0.2) is 0 Å². The standard InChI is InChI=1S/C15H19N3O2/c1-3-17-12-5-4-8-18(15(12)19)13-7-6-11(10-16)9-14(13)20-2/h6-7,9,12,17H,3-5,8H2,1-2H3. The van der Waals surface area contributed by atoms with Crippen molar-refractivity contribution >= 4 is 11.6 Å². The van der Waals surface area contributed by atoms with Crippen molar-refractivity contribution in [2.75, 3.05) is 25.1 Å². The number of rotatable bonds is 4. The first-order chi connectivity index (χ1) is 9.71. The van der Waals surface area contributed by atoms with Crippen LogP contribution in [-0.2, 0) is 4.79 Å². The number of piperidine rings is 1. The van der Waals surface area contributed by atoms with Crippen LogP contribution in [0.5, 0.6) is 5.75 Å². The molecule has 106 valence electrons. The Hall–Kier alpha value is -2.06. The molecule has 1 aliphatic rings. The minimum absolute atomic E-state index is 0.0705. The van der Waals surface area contributed by atoms with E-state index in [4.69, 9.17) is 10.00 Å². The Labute approximate surface area is 119 Å². The largest absolute Gasteiger partial charge is 0.495 e. The van der Waals surface area contributed by atoms with Crippen LogP contribution in [-0.4, -0.2) is 32.1 Å². The van der Waals surface area contributed by atoms with Crippen LogP contribution in [0.25, 0.3) is 0 Å². The average Bonchev–Trinajstić information content (AvgIpc) is 2.49. The van der Waals surface area contributed by atoms with Gasteiger partial charge in [0, 0.05) is 12.6 Å². The Bertz CT molecular complexity index is 534. The van der Waals surface area contributed by atoms with Gasteiger partial charge in [0.2, 0.25) is 5.91 Å². The van der Waals surface area contributed by atoms with Crippen molar-refractivity contribution in [3.63, 3.8) is 0 Å². The van der Waals surface area contributed by atoms with E-state index in [1.54, 1.807) is 30.2 Å². The van der Waals surface area contributed by atoms with Gasteiger partial charge in [-0.05, 0) is 31.5 Å². The van der Waals surface area contributed by atoms with E-state index in [9.17, 15) is 4.79 Å². The highest BCUT2D eigenvalue weighted by Gasteiger charge is 2.30. The highest BCUT2D eigenvalue weighted by Crippen LogP contribution is 2.31. The lowest BCUT2D eigenvalue weighted by molar-refractivity contribution is -0.121. The minimum Gasteiger partial charge on any atom is -0.495 e. The molecule has 0 saturated carbocycles. The summed E-state index contributed by atoms with van der Waals surface area (Å²) in [5.74, 6) is 0.635. The van der Waals surface area contributed by atoms with Crippen molar-refractivity contribution in [1.82, 2.24) is 5.32 Å².